The van der Waals surface area contributed by atoms with E-state index >= 15 is 0 Å². The summed E-state index contributed by atoms with van der Waals surface area (Å²) in [5.41, 5.74) is 0. The van der Waals surface area contributed by atoms with Crippen LogP contribution in [-0.4, -0.2) is 18.1 Å². The summed E-state index contributed by atoms with van der Waals surface area (Å²) in [6, 6.07) is 0. The first-order valence-electron chi connectivity index (χ1n) is 3.58. The van der Waals surface area contributed by atoms with Gasteiger partial charge >= 0.3 is 0 Å². The standard InChI is InChI=1S/C7H10OS2/c1-2-6-7(9-4-1)10-5-3-8-6/h1-5H2. The fourth-order valence-corrected chi connectivity index (χ4v) is 3.44. The summed E-state index contributed by atoms with van der Waals surface area (Å²) >= 11 is 3.93. The van der Waals surface area contributed by atoms with E-state index in [0.29, 0.717) is 0 Å². The van der Waals surface area contributed by atoms with Gasteiger partial charge in [0, 0.05) is 12.2 Å². The second kappa shape index (κ2) is 3.09. The van der Waals surface area contributed by atoms with E-state index in [-0.39, 0.29) is 0 Å². The molecule has 2 rings (SSSR count). The molecule has 2 heterocycles. The van der Waals surface area contributed by atoms with Crippen LogP contribution < -0.4 is 0 Å². The summed E-state index contributed by atoms with van der Waals surface area (Å²) in [5.74, 6) is 3.70. The molecule has 0 aromatic carbocycles. The Balaban J connectivity index is 2.14. The molecule has 0 aromatic heterocycles. The van der Waals surface area contributed by atoms with Crippen molar-refractivity contribution in [3.63, 3.8) is 0 Å². The van der Waals surface area contributed by atoms with E-state index < -0.39 is 0 Å². The van der Waals surface area contributed by atoms with Gasteiger partial charge in [-0.05, 0) is 12.2 Å². The molecule has 0 atom stereocenters. The van der Waals surface area contributed by atoms with Crippen LogP contribution in [-0.2, 0) is 4.74 Å². The Bertz CT molecular complexity index is 131. The molecule has 1 nitrogen and oxygen atoms in total. The minimum absolute atomic E-state index is 0.921. The molecule has 0 bridgehead atoms. The second-order valence-corrected chi connectivity index (χ2v) is 4.83. The normalized spacial score (nSPS) is 25.6. The van der Waals surface area contributed by atoms with Crippen LogP contribution in [0.15, 0.2) is 10.00 Å². The van der Waals surface area contributed by atoms with Crippen LogP contribution in [0.2, 0.25) is 0 Å². The largest absolute Gasteiger partial charge is 0.495 e. The highest BCUT2D eigenvalue weighted by molar-refractivity contribution is 8.22. The lowest BCUT2D eigenvalue weighted by molar-refractivity contribution is 0.217. The van der Waals surface area contributed by atoms with Crippen LogP contribution in [0.1, 0.15) is 12.8 Å². The van der Waals surface area contributed by atoms with Gasteiger partial charge < -0.3 is 4.74 Å². The summed E-state index contributed by atoms with van der Waals surface area (Å²) in [7, 11) is 0. The predicted octanol–water partition coefficient (Wildman–Crippen LogP) is 2.45. The lowest BCUT2D eigenvalue weighted by Crippen LogP contribution is -2.08. The molecule has 0 saturated heterocycles. The Morgan fingerprint density at radius 1 is 1.20 bits per heavy atom. The molecule has 2 aliphatic rings. The number of hydrogen-bond acceptors (Lipinski definition) is 3. The van der Waals surface area contributed by atoms with Crippen molar-refractivity contribution in [1.82, 2.24) is 0 Å². The smallest absolute Gasteiger partial charge is 0.116 e. The molecular formula is C7H10OS2. The van der Waals surface area contributed by atoms with Crippen molar-refractivity contribution in [2.24, 2.45) is 0 Å². The first-order valence-corrected chi connectivity index (χ1v) is 5.55. The molecule has 0 amide bonds. The molecule has 0 fully saturated rings. The van der Waals surface area contributed by atoms with Gasteiger partial charge in [0.05, 0.1) is 10.8 Å². The summed E-state index contributed by atoms with van der Waals surface area (Å²) in [5, 5.41) is 0. The zero-order chi connectivity index (χ0) is 6.81. The maximum Gasteiger partial charge on any atom is 0.116 e. The van der Waals surface area contributed by atoms with E-state index in [1.165, 1.54) is 28.6 Å². The lowest BCUT2D eigenvalue weighted by atomic mass is 10.3. The molecule has 0 radical (unpaired) electrons. The molecule has 10 heavy (non-hydrogen) atoms. The molecule has 0 saturated carbocycles. The van der Waals surface area contributed by atoms with Crippen molar-refractivity contribution in [2.45, 2.75) is 12.8 Å². The zero-order valence-corrected chi connectivity index (χ0v) is 7.39. The van der Waals surface area contributed by atoms with Gasteiger partial charge in [0.1, 0.15) is 5.76 Å². The fourth-order valence-electron chi connectivity index (χ4n) is 1.13. The van der Waals surface area contributed by atoms with Gasteiger partial charge in [0.2, 0.25) is 0 Å². The molecule has 0 unspecified atom stereocenters. The van der Waals surface area contributed by atoms with E-state index in [0.717, 1.165) is 12.4 Å². The SMILES string of the molecule is C1CSC2=C(C1)OCCS2. The van der Waals surface area contributed by atoms with Crippen molar-refractivity contribution in [3.8, 4) is 0 Å². The Morgan fingerprint density at radius 2 is 2.10 bits per heavy atom. The number of thioether (sulfide) groups is 2. The first kappa shape index (κ1) is 6.92. The third-order valence-corrected chi connectivity index (χ3v) is 4.15. The highest BCUT2D eigenvalue weighted by Gasteiger charge is 2.18. The van der Waals surface area contributed by atoms with E-state index in [9.17, 15) is 0 Å². The van der Waals surface area contributed by atoms with Crippen LogP contribution in [0.5, 0.6) is 0 Å². The van der Waals surface area contributed by atoms with E-state index in [1.54, 1.807) is 0 Å². The van der Waals surface area contributed by atoms with Gasteiger partial charge in [-0.15, -0.1) is 23.5 Å². The third kappa shape index (κ3) is 1.30. The van der Waals surface area contributed by atoms with Crippen LogP contribution in [0.3, 0.4) is 0 Å². The number of hydrogen-bond donors (Lipinski definition) is 0. The van der Waals surface area contributed by atoms with E-state index in [4.69, 9.17) is 4.74 Å². The second-order valence-electron chi connectivity index (χ2n) is 2.36. The van der Waals surface area contributed by atoms with Crippen LogP contribution in [0.25, 0.3) is 0 Å². The minimum atomic E-state index is 0.921. The average Bonchev–Trinajstić information content (AvgIpc) is 2.05. The summed E-state index contributed by atoms with van der Waals surface area (Å²) < 4.78 is 6.98. The molecule has 3 heteroatoms. The van der Waals surface area contributed by atoms with Crippen molar-refractivity contribution >= 4 is 23.5 Å². The van der Waals surface area contributed by atoms with Gasteiger partial charge in [0.15, 0.2) is 0 Å². The molecular weight excluding hydrogens is 164 g/mol. The van der Waals surface area contributed by atoms with Crippen LogP contribution in [0, 0.1) is 0 Å². The molecule has 0 aliphatic carbocycles. The van der Waals surface area contributed by atoms with Crippen molar-refractivity contribution in [2.75, 3.05) is 18.1 Å². The highest BCUT2D eigenvalue weighted by atomic mass is 32.2. The topological polar surface area (TPSA) is 9.23 Å². The number of ether oxygens (including phenoxy) is 1. The van der Waals surface area contributed by atoms with Gasteiger partial charge in [-0.3, -0.25) is 0 Å². The quantitative estimate of drug-likeness (QED) is 0.558. The van der Waals surface area contributed by atoms with Gasteiger partial charge in [-0.1, -0.05) is 0 Å². The summed E-state index contributed by atoms with van der Waals surface area (Å²) in [6.07, 6.45) is 2.47. The third-order valence-electron chi connectivity index (χ3n) is 1.60. The van der Waals surface area contributed by atoms with E-state index in [2.05, 4.69) is 0 Å². The Hall–Kier alpha value is 0.240. The fraction of sp³-hybridized carbons (Fsp3) is 0.714. The van der Waals surface area contributed by atoms with Gasteiger partial charge in [-0.25, -0.2) is 0 Å². The monoisotopic (exact) mass is 174 g/mol. The van der Waals surface area contributed by atoms with Gasteiger partial charge in [0.25, 0.3) is 0 Å². The molecule has 56 valence electrons. The van der Waals surface area contributed by atoms with Crippen molar-refractivity contribution in [3.05, 3.63) is 10.00 Å². The van der Waals surface area contributed by atoms with Crippen molar-refractivity contribution < 1.29 is 4.74 Å². The zero-order valence-electron chi connectivity index (χ0n) is 5.76. The van der Waals surface area contributed by atoms with Crippen LogP contribution >= 0.6 is 23.5 Å². The molecule has 0 N–H and O–H groups in total. The van der Waals surface area contributed by atoms with Gasteiger partial charge in [-0.2, -0.15) is 0 Å². The summed E-state index contributed by atoms with van der Waals surface area (Å²) in [6.45, 7) is 0.921. The highest BCUT2D eigenvalue weighted by Crippen LogP contribution is 2.40. The number of rotatable bonds is 0. The Morgan fingerprint density at radius 3 is 3.00 bits per heavy atom. The molecule has 2 aliphatic heterocycles. The van der Waals surface area contributed by atoms with Crippen LogP contribution in [0.4, 0.5) is 0 Å². The summed E-state index contributed by atoms with van der Waals surface area (Å²) in [4.78, 5) is 0. The maximum absolute atomic E-state index is 5.52. The predicted molar refractivity (Wildman–Crippen MR) is 47.1 cm³/mol. The average molecular weight is 174 g/mol. The molecule has 0 aromatic rings. The minimum Gasteiger partial charge on any atom is -0.495 e. The van der Waals surface area contributed by atoms with Crippen molar-refractivity contribution in [1.29, 1.82) is 0 Å². The molecule has 0 spiro atoms. The van der Waals surface area contributed by atoms with E-state index in [1.807, 2.05) is 23.5 Å². The maximum atomic E-state index is 5.52. The lowest BCUT2D eigenvalue weighted by Gasteiger charge is -2.23. The Labute approximate surface area is 69.6 Å². The Kier molecular flexibility index (Phi) is 2.14. The number of allylic oxidation sites excluding steroid dienone is 1. The first-order chi connectivity index (χ1) is 4.97.